The third-order valence-electron chi connectivity index (χ3n) is 4.90. The van der Waals surface area contributed by atoms with Crippen molar-refractivity contribution in [2.45, 2.75) is 31.6 Å². The summed E-state index contributed by atoms with van der Waals surface area (Å²) in [5.41, 5.74) is 2.29. The molecule has 2 aromatic carbocycles. The van der Waals surface area contributed by atoms with Gasteiger partial charge in [-0.2, -0.15) is 0 Å². The Morgan fingerprint density at radius 3 is 2.33 bits per heavy atom. The molecule has 2 nitrogen and oxygen atoms in total. The van der Waals surface area contributed by atoms with Crippen LogP contribution in [0, 0.1) is 0 Å². The Labute approximate surface area is 153 Å². The second kappa shape index (κ2) is 8.59. The number of nitrogens with zero attached hydrogens (tertiary/aromatic N) is 1. The molecule has 1 heterocycles. The van der Waals surface area contributed by atoms with Crippen molar-refractivity contribution >= 4 is 21.7 Å². The number of carbonyl (C=O) groups excluding carboxylic acids is 1. The molecule has 0 unspecified atom stereocenters. The van der Waals surface area contributed by atoms with E-state index in [1.807, 2.05) is 24.3 Å². The fourth-order valence-corrected chi connectivity index (χ4v) is 3.72. The molecule has 126 valence electrons. The Bertz CT molecular complexity index is 645. The molecule has 3 rings (SSSR count). The number of piperidine rings is 1. The van der Waals surface area contributed by atoms with E-state index in [1.54, 1.807) is 0 Å². The Morgan fingerprint density at radius 1 is 1.00 bits per heavy atom. The van der Waals surface area contributed by atoms with E-state index in [0.717, 1.165) is 36.1 Å². The first kappa shape index (κ1) is 17.4. The molecule has 1 aliphatic heterocycles. The maximum atomic E-state index is 12.2. The summed E-state index contributed by atoms with van der Waals surface area (Å²) in [6.07, 6.45) is 4.04. The third-order valence-corrected chi connectivity index (χ3v) is 5.43. The summed E-state index contributed by atoms with van der Waals surface area (Å²) in [7, 11) is 0. The van der Waals surface area contributed by atoms with Crippen LogP contribution in [0.25, 0.3) is 0 Å². The SMILES string of the molecule is O=C(CCCN1CCC(c2ccccc2)CC1)c1ccc(Br)cc1. The highest BCUT2D eigenvalue weighted by Gasteiger charge is 2.20. The quantitative estimate of drug-likeness (QED) is 0.629. The van der Waals surface area contributed by atoms with Crippen LogP contribution in [-0.4, -0.2) is 30.3 Å². The summed E-state index contributed by atoms with van der Waals surface area (Å²) in [4.78, 5) is 14.7. The van der Waals surface area contributed by atoms with E-state index in [9.17, 15) is 4.79 Å². The molecule has 0 atom stereocenters. The maximum Gasteiger partial charge on any atom is 0.162 e. The number of hydrogen-bond acceptors (Lipinski definition) is 2. The van der Waals surface area contributed by atoms with Crippen molar-refractivity contribution in [2.75, 3.05) is 19.6 Å². The van der Waals surface area contributed by atoms with Gasteiger partial charge in [0.15, 0.2) is 5.78 Å². The Hall–Kier alpha value is -1.45. The zero-order valence-electron chi connectivity index (χ0n) is 14.0. The van der Waals surface area contributed by atoms with Crippen molar-refractivity contribution in [1.82, 2.24) is 4.90 Å². The van der Waals surface area contributed by atoms with E-state index in [0.29, 0.717) is 12.3 Å². The van der Waals surface area contributed by atoms with Crippen molar-refractivity contribution in [1.29, 1.82) is 0 Å². The third kappa shape index (κ3) is 4.78. The van der Waals surface area contributed by atoms with Gasteiger partial charge in [0.1, 0.15) is 0 Å². The fourth-order valence-electron chi connectivity index (χ4n) is 3.46. The lowest BCUT2D eigenvalue weighted by Crippen LogP contribution is -2.33. The first-order chi connectivity index (χ1) is 11.7. The summed E-state index contributed by atoms with van der Waals surface area (Å²) in [6, 6.07) is 18.5. The normalized spacial score (nSPS) is 16.2. The molecule has 0 bridgehead atoms. The number of Topliss-reactive ketones (excluding diaryl/α,β-unsaturated/α-hetero) is 1. The number of benzene rings is 2. The lowest BCUT2D eigenvalue weighted by molar-refractivity contribution is 0.0972. The molecular formula is C21H24BrNO. The topological polar surface area (TPSA) is 20.3 Å². The first-order valence-corrected chi connectivity index (χ1v) is 9.58. The van der Waals surface area contributed by atoms with Crippen LogP contribution in [-0.2, 0) is 0 Å². The van der Waals surface area contributed by atoms with Crippen LogP contribution in [0.4, 0.5) is 0 Å². The molecule has 0 spiro atoms. The Kier molecular flexibility index (Phi) is 6.22. The van der Waals surface area contributed by atoms with Crippen LogP contribution >= 0.6 is 15.9 Å². The van der Waals surface area contributed by atoms with Gasteiger partial charge in [-0.1, -0.05) is 58.4 Å². The van der Waals surface area contributed by atoms with Crippen LogP contribution < -0.4 is 0 Å². The predicted molar refractivity (Wildman–Crippen MR) is 103 cm³/mol. The smallest absolute Gasteiger partial charge is 0.162 e. The van der Waals surface area contributed by atoms with Gasteiger partial charge in [0.25, 0.3) is 0 Å². The second-order valence-corrected chi connectivity index (χ2v) is 7.48. The van der Waals surface area contributed by atoms with Crippen LogP contribution in [0.1, 0.15) is 47.5 Å². The summed E-state index contributed by atoms with van der Waals surface area (Å²) in [5, 5.41) is 0. The Balaban J connectivity index is 1.39. The largest absolute Gasteiger partial charge is 0.303 e. The average Bonchev–Trinajstić information content (AvgIpc) is 2.63. The van der Waals surface area contributed by atoms with Gasteiger partial charge in [-0.15, -0.1) is 0 Å². The molecule has 24 heavy (non-hydrogen) atoms. The van der Waals surface area contributed by atoms with Gasteiger partial charge >= 0.3 is 0 Å². The highest BCUT2D eigenvalue weighted by molar-refractivity contribution is 9.10. The lowest BCUT2D eigenvalue weighted by Gasteiger charge is -2.32. The fraction of sp³-hybridized carbons (Fsp3) is 0.381. The summed E-state index contributed by atoms with van der Waals surface area (Å²) >= 11 is 3.40. The van der Waals surface area contributed by atoms with E-state index >= 15 is 0 Å². The van der Waals surface area contributed by atoms with E-state index < -0.39 is 0 Å². The molecule has 1 aliphatic rings. The van der Waals surface area contributed by atoms with Crippen molar-refractivity contribution in [3.8, 4) is 0 Å². The van der Waals surface area contributed by atoms with Crippen molar-refractivity contribution < 1.29 is 4.79 Å². The monoisotopic (exact) mass is 385 g/mol. The standard InChI is InChI=1S/C21H24BrNO/c22-20-10-8-19(9-11-20)21(24)7-4-14-23-15-12-18(13-16-23)17-5-2-1-3-6-17/h1-3,5-6,8-11,18H,4,7,12-16H2. The molecule has 0 amide bonds. The number of halogens is 1. The maximum absolute atomic E-state index is 12.2. The van der Waals surface area contributed by atoms with E-state index in [1.165, 1.54) is 18.4 Å². The van der Waals surface area contributed by atoms with E-state index in [-0.39, 0.29) is 5.78 Å². The van der Waals surface area contributed by atoms with Gasteiger partial charge in [0, 0.05) is 16.5 Å². The second-order valence-electron chi connectivity index (χ2n) is 6.56. The van der Waals surface area contributed by atoms with Crippen LogP contribution in [0.15, 0.2) is 59.1 Å². The molecule has 1 saturated heterocycles. The van der Waals surface area contributed by atoms with Crippen LogP contribution in [0.2, 0.25) is 0 Å². The molecule has 0 aromatic heterocycles. The summed E-state index contributed by atoms with van der Waals surface area (Å²) < 4.78 is 1.01. The molecule has 2 aromatic rings. The molecule has 3 heteroatoms. The van der Waals surface area contributed by atoms with Gasteiger partial charge in [-0.3, -0.25) is 4.79 Å². The van der Waals surface area contributed by atoms with Crippen molar-refractivity contribution in [3.05, 3.63) is 70.2 Å². The highest BCUT2D eigenvalue weighted by atomic mass is 79.9. The van der Waals surface area contributed by atoms with Gasteiger partial charge < -0.3 is 4.90 Å². The van der Waals surface area contributed by atoms with Crippen LogP contribution in [0.3, 0.4) is 0 Å². The molecule has 0 radical (unpaired) electrons. The molecule has 1 fully saturated rings. The van der Waals surface area contributed by atoms with Gasteiger partial charge in [0.2, 0.25) is 0 Å². The number of ketones is 1. The molecule has 0 N–H and O–H groups in total. The minimum absolute atomic E-state index is 0.252. The number of likely N-dealkylation sites (tertiary alicyclic amines) is 1. The minimum atomic E-state index is 0.252. The van der Waals surface area contributed by atoms with Crippen LogP contribution in [0.5, 0.6) is 0 Å². The van der Waals surface area contributed by atoms with Gasteiger partial charge in [-0.25, -0.2) is 0 Å². The number of hydrogen-bond donors (Lipinski definition) is 0. The van der Waals surface area contributed by atoms with E-state index in [4.69, 9.17) is 0 Å². The highest BCUT2D eigenvalue weighted by Crippen LogP contribution is 2.27. The van der Waals surface area contributed by atoms with Gasteiger partial charge in [0.05, 0.1) is 0 Å². The Morgan fingerprint density at radius 2 is 1.67 bits per heavy atom. The average molecular weight is 386 g/mol. The van der Waals surface area contributed by atoms with E-state index in [2.05, 4.69) is 51.2 Å². The van der Waals surface area contributed by atoms with Gasteiger partial charge in [-0.05, 0) is 62.5 Å². The van der Waals surface area contributed by atoms with Crippen molar-refractivity contribution in [3.63, 3.8) is 0 Å². The number of rotatable bonds is 6. The van der Waals surface area contributed by atoms with Crippen molar-refractivity contribution in [2.24, 2.45) is 0 Å². The first-order valence-electron chi connectivity index (χ1n) is 8.78. The summed E-state index contributed by atoms with van der Waals surface area (Å²) in [6.45, 7) is 3.32. The number of carbonyl (C=O) groups is 1. The molecule has 0 saturated carbocycles. The summed E-state index contributed by atoms with van der Waals surface area (Å²) in [5.74, 6) is 0.952. The minimum Gasteiger partial charge on any atom is -0.303 e. The molecular weight excluding hydrogens is 362 g/mol. The molecule has 0 aliphatic carbocycles. The lowest BCUT2D eigenvalue weighted by atomic mass is 9.89. The predicted octanol–water partition coefficient (Wildman–Crippen LogP) is 5.29. The zero-order chi connectivity index (χ0) is 16.8. The zero-order valence-corrected chi connectivity index (χ0v) is 15.5.